The second-order valence-corrected chi connectivity index (χ2v) is 5.34. The van der Waals surface area contributed by atoms with Crippen molar-refractivity contribution in [2.24, 2.45) is 0 Å². The maximum Gasteiger partial charge on any atom is 0.222 e. The summed E-state index contributed by atoms with van der Waals surface area (Å²) in [4.78, 5) is 23.0. The summed E-state index contributed by atoms with van der Waals surface area (Å²) in [6.45, 7) is 3.93. The summed E-state index contributed by atoms with van der Waals surface area (Å²) in [6, 6.07) is 11.5. The summed E-state index contributed by atoms with van der Waals surface area (Å²) in [5.74, 6) is -0.104. The van der Waals surface area contributed by atoms with Crippen molar-refractivity contribution in [2.75, 3.05) is 5.32 Å². The van der Waals surface area contributed by atoms with Crippen LogP contribution in [0.3, 0.4) is 0 Å². The van der Waals surface area contributed by atoms with Crippen molar-refractivity contribution in [3.8, 4) is 0 Å². The maximum atomic E-state index is 12.0. The average Bonchev–Trinajstić information content (AvgIpc) is 2.99. The van der Waals surface area contributed by atoms with Crippen molar-refractivity contribution in [1.82, 2.24) is 9.88 Å². The van der Waals surface area contributed by atoms with Crippen molar-refractivity contribution in [3.05, 3.63) is 54.4 Å². The molecule has 0 aliphatic rings. The Kier molecular flexibility index (Phi) is 5.36. The fourth-order valence-electron chi connectivity index (χ4n) is 2.25. The van der Waals surface area contributed by atoms with Gasteiger partial charge in [0.25, 0.3) is 0 Å². The van der Waals surface area contributed by atoms with Crippen LogP contribution in [0, 0.1) is 0 Å². The highest BCUT2D eigenvalue weighted by Crippen LogP contribution is 2.12. The normalized spacial score (nSPS) is 11.7. The SMILES string of the molecule is CC(=O)Nc1cccc(CNC(=O)C[C@@H](C)n2cccc2)c1. The number of nitrogens with zero attached hydrogens (tertiary/aromatic N) is 1. The molecule has 1 heterocycles. The third kappa shape index (κ3) is 4.77. The molecule has 0 saturated heterocycles. The molecule has 0 saturated carbocycles. The Morgan fingerprint density at radius 2 is 1.91 bits per heavy atom. The highest BCUT2D eigenvalue weighted by Gasteiger charge is 2.09. The van der Waals surface area contributed by atoms with Gasteiger partial charge in [-0.25, -0.2) is 0 Å². The maximum absolute atomic E-state index is 12.0. The van der Waals surface area contributed by atoms with Crippen LogP contribution in [0.2, 0.25) is 0 Å². The minimum atomic E-state index is -0.110. The van der Waals surface area contributed by atoms with E-state index in [1.54, 1.807) is 0 Å². The fourth-order valence-corrected chi connectivity index (χ4v) is 2.25. The molecule has 22 heavy (non-hydrogen) atoms. The molecule has 0 radical (unpaired) electrons. The topological polar surface area (TPSA) is 63.1 Å². The van der Waals surface area contributed by atoms with Crippen molar-refractivity contribution < 1.29 is 9.59 Å². The first-order valence-corrected chi connectivity index (χ1v) is 7.30. The van der Waals surface area contributed by atoms with Gasteiger partial charge in [-0.3, -0.25) is 9.59 Å². The van der Waals surface area contributed by atoms with Crippen LogP contribution in [-0.2, 0) is 16.1 Å². The van der Waals surface area contributed by atoms with Crippen molar-refractivity contribution in [2.45, 2.75) is 32.9 Å². The van der Waals surface area contributed by atoms with E-state index in [2.05, 4.69) is 10.6 Å². The van der Waals surface area contributed by atoms with Gasteiger partial charge in [-0.2, -0.15) is 0 Å². The van der Waals surface area contributed by atoms with Crippen LogP contribution in [0.5, 0.6) is 0 Å². The molecule has 1 atom stereocenters. The quantitative estimate of drug-likeness (QED) is 0.861. The smallest absolute Gasteiger partial charge is 0.222 e. The van der Waals surface area contributed by atoms with E-state index in [1.165, 1.54) is 6.92 Å². The Morgan fingerprint density at radius 1 is 1.18 bits per heavy atom. The van der Waals surface area contributed by atoms with Gasteiger partial charge >= 0.3 is 0 Å². The molecule has 0 spiro atoms. The van der Waals surface area contributed by atoms with Crippen LogP contribution in [0.15, 0.2) is 48.8 Å². The predicted molar refractivity (Wildman–Crippen MR) is 86.4 cm³/mol. The molecule has 5 heteroatoms. The lowest BCUT2D eigenvalue weighted by Gasteiger charge is -2.13. The van der Waals surface area contributed by atoms with Crippen molar-refractivity contribution >= 4 is 17.5 Å². The summed E-state index contributed by atoms with van der Waals surface area (Å²) in [5, 5.41) is 5.64. The lowest BCUT2D eigenvalue weighted by atomic mass is 10.2. The Balaban J connectivity index is 1.84. The first kappa shape index (κ1) is 15.8. The molecule has 5 nitrogen and oxygen atoms in total. The Bertz CT molecular complexity index is 635. The third-order valence-electron chi connectivity index (χ3n) is 3.35. The number of carbonyl (C=O) groups is 2. The monoisotopic (exact) mass is 299 g/mol. The van der Waals surface area contributed by atoms with Gasteiger partial charge in [0.2, 0.25) is 11.8 Å². The van der Waals surface area contributed by atoms with Gasteiger partial charge in [-0.05, 0) is 36.8 Å². The summed E-state index contributed by atoms with van der Waals surface area (Å²) in [7, 11) is 0. The van der Waals surface area contributed by atoms with E-state index in [1.807, 2.05) is 60.3 Å². The van der Waals surface area contributed by atoms with E-state index < -0.39 is 0 Å². The lowest BCUT2D eigenvalue weighted by molar-refractivity contribution is -0.122. The number of anilines is 1. The molecular formula is C17H21N3O2. The summed E-state index contributed by atoms with van der Waals surface area (Å²) < 4.78 is 2.01. The standard InChI is InChI=1S/C17H21N3O2/c1-13(20-8-3-4-9-20)10-17(22)18-12-15-6-5-7-16(11-15)19-14(2)21/h3-9,11,13H,10,12H2,1-2H3,(H,18,22)(H,19,21)/t13-/m1/s1. The number of aromatic nitrogens is 1. The molecule has 2 rings (SSSR count). The van der Waals surface area contributed by atoms with Crippen LogP contribution in [0.4, 0.5) is 5.69 Å². The molecule has 0 unspecified atom stereocenters. The van der Waals surface area contributed by atoms with Crippen LogP contribution in [0.25, 0.3) is 0 Å². The Morgan fingerprint density at radius 3 is 2.59 bits per heavy atom. The molecule has 2 amide bonds. The molecule has 0 aliphatic heterocycles. The number of amides is 2. The third-order valence-corrected chi connectivity index (χ3v) is 3.35. The number of carbonyl (C=O) groups excluding carboxylic acids is 2. The van der Waals surface area contributed by atoms with Gasteiger partial charge in [0, 0.05) is 44.0 Å². The highest BCUT2D eigenvalue weighted by molar-refractivity contribution is 5.88. The highest BCUT2D eigenvalue weighted by atomic mass is 16.2. The van der Waals surface area contributed by atoms with Crippen LogP contribution < -0.4 is 10.6 Å². The van der Waals surface area contributed by atoms with Gasteiger partial charge in [0.05, 0.1) is 0 Å². The minimum absolute atomic E-state index is 0.00568. The van der Waals surface area contributed by atoms with Crippen LogP contribution in [0.1, 0.15) is 31.9 Å². The first-order chi connectivity index (χ1) is 10.5. The molecule has 1 aromatic carbocycles. The largest absolute Gasteiger partial charge is 0.352 e. The number of nitrogens with one attached hydrogen (secondary N) is 2. The molecular weight excluding hydrogens is 278 g/mol. The number of hydrogen-bond acceptors (Lipinski definition) is 2. The van der Waals surface area contributed by atoms with Gasteiger partial charge < -0.3 is 15.2 Å². The molecule has 0 fully saturated rings. The second-order valence-electron chi connectivity index (χ2n) is 5.34. The number of benzene rings is 1. The zero-order valence-electron chi connectivity index (χ0n) is 12.9. The summed E-state index contributed by atoms with van der Waals surface area (Å²) >= 11 is 0. The first-order valence-electron chi connectivity index (χ1n) is 7.30. The number of hydrogen-bond donors (Lipinski definition) is 2. The van der Waals surface area contributed by atoms with E-state index >= 15 is 0 Å². The molecule has 0 bridgehead atoms. The lowest BCUT2D eigenvalue weighted by Crippen LogP contribution is -2.25. The van der Waals surface area contributed by atoms with E-state index in [0.717, 1.165) is 11.3 Å². The fraction of sp³-hybridized carbons (Fsp3) is 0.294. The zero-order valence-corrected chi connectivity index (χ0v) is 12.9. The summed E-state index contributed by atoms with van der Waals surface area (Å²) in [6.07, 6.45) is 4.34. The Hall–Kier alpha value is -2.56. The van der Waals surface area contributed by atoms with E-state index in [9.17, 15) is 9.59 Å². The van der Waals surface area contributed by atoms with Gasteiger partial charge in [-0.1, -0.05) is 12.1 Å². The van der Waals surface area contributed by atoms with E-state index in [0.29, 0.717) is 13.0 Å². The van der Waals surface area contributed by atoms with Gasteiger partial charge in [-0.15, -0.1) is 0 Å². The Labute approximate surface area is 130 Å². The molecule has 0 aliphatic carbocycles. The number of rotatable bonds is 6. The molecule has 1 aromatic heterocycles. The molecule has 2 N–H and O–H groups in total. The second kappa shape index (κ2) is 7.45. The van der Waals surface area contributed by atoms with Crippen molar-refractivity contribution in [3.63, 3.8) is 0 Å². The van der Waals surface area contributed by atoms with Gasteiger partial charge in [0.1, 0.15) is 0 Å². The molecule has 116 valence electrons. The zero-order chi connectivity index (χ0) is 15.9. The summed E-state index contributed by atoms with van der Waals surface area (Å²) in [5.41, 5.74) is 1.69. The van der Waals surface area contributed by atoms with E-state index in [4.69, 9.17) is 0 Å². The van der Waals surface area contributed by atoms with Crippen LogP contribution >= 0.6 is 0 Å². The minimum Gasteiger partial charge on any atom is -0.352 e. The van der Waals surface area contributed by atoms with Gasteiger partial charge in [0.15, 0.2) is 0 Å². The average molecular weight is 299 g/mol. The molecule has 2 aromatic rings. The van der Waals surface area contributed by atoms with E-state index in [-0.39, 0.29) is 17.9 Å². The predicted octanol–water partition coefficient (Wildman–Crippen LogP) is 2.71. The van der Waals surface area contributed by atoms with Crippen molar-refractivity contribution in [1.29, 1.82) is 0 Å². The van der Waals surface area contributed by atoms with Crippen LogP contribution in [-0.4, -0.2) is 16.4 Å².